The molecule has 0 spiro atoms. The van der Waals surface area contributed by atoms with E-state index in [1.807, 2.05) is 56.0 Å². The highest BCUT2D eigenvalue weighted by atomic mass is 16.8. The third-order valence-corrected chi connectivity index (χ3v) is 6.17. The van der Waals surface area contributed by atoms with Crippen molar-refractivity contribution < 1.29 is 33.3 Å². The van der Waals surface area contributed by atoms with Crippen LogP contribution in [-0.4, -0.2) is 61.4 Å². The van der Waals surface area contributed by atoms with Gasteiger partial charge in [-0.2, -0.15) is 0 Å². The number of rotatable bonds is 10. The molecule has 0 bridgehead atoms. The second-order valence-corrected chi connectivity index (χ2v) is 9.99. The monoisotopic (exact) mass is 477 g/mol. The van der Waals surface area contributed by atoms with E-state index < -0.39 is 18.1 Å². The van der Waals surface area contributed by atoms with E-state index in [-0.39, 0.29) is 30.8 Å². The summed E-state index contributed by atoms with van der Waals surface area (Å²) in [6, 6.07) is 9.45. The zero-order valence-corrected chi connectivity index (χ0v) is 20.9. The third kappa shape index (κ3) is 8.05. The van der Waals surface area contributed by atoms with Crippen molar-refractivity contribution in [3.63, 3.8) is 0 Å². The zero-order valence-electron chi connectivity index (χ0n) is 20.9. The molecule has 2 atom stereocenters. The summed E-state index contributed by atoms with van der Waals surface area (Å²) >= 11 is 0. The third-order valence-electron chi connectivity index (χ3n) is 6.17. The molecule has 190 valence electrons. The lowest BCUT2D eigenvalue weighted by atomic mass is 9.87. The van der Waals surface area contributed by atoms with Gasteiger partial charge in [0.05, 0.1) is 25.7 Å². The number of esters is 2. The van der Waals surface area contributed by atoms with E-state index in [0.29, 0.717) is 32.4 Å². The molecule has 0 radical (unpaired) electrons. The van der Waals surface area contributed by atoms with Crippen LogP contribution in [0.1, 0.15) is 64.9 Å². The van der Waals surface area contributed by atoms with Crippen molar-refractivity contribution in [2.24, 2.45) is 5.92 Å². The molecule has 8 heteroatoms. The fourth-order valence-electron chi connectivity index (χ4n) is 4.48. The van der Waals surface area contributed by atoms with Crippen molar-refractivity contribution in [2.75, 3.05) is 20.4 Å². The van der Waals surface area contributed by atoms with Gasteiger partial charge in [-0.05, 0) is 64.9 Å². The van der Waals surface area contributed by atoms with Gasteiger partial charge >= 0.3 is 11.9 Å². The van der Waals surface area contributed by atoms with E-state index in [1.54, 1.807) is 0 Å². The average Bonchev–Trinajstić information content (AvgIpc) is 3.31. The highest BCUT2D eigenvalue weighted by molar-refractivity contribution is 5.76. The van der Waals surface area contributed by atoms with Crippen LogP contribution in [0.4, 0.5) is 0 Å². The molecule has 0 N–H and O–H groups in total. The standard InChI is InChI=1S/C26H39NO7/c1-26(2,3)34-24(29)22-11-8-16-27(22)25(32-18-31-17-19-9-6-5-7-10-19)33-21-14-12-20(13-15-21)23(28)30-4/h5-7,9-10,20-22,25H,8,11-18H2,1-4H3/t20?,21?,22-,25+/m0/s1. The molecule has 1 saturated heterocycles. The van der Waals surface area contributed by atoms with Crippen LogP contribution in [0.15, 0.2) is 30.3 Å². The smallest absolute Gasteiger partial charge is 0.324 e. The van der Waals surface area contributed by atoms with Crippen molar-refractivity contribution in [3.05, 3.63) is 35.9 Å². The SMILES string of the molecule is COC(=O)C1CCC(O[C@@H](OCOCc2ccccc2)N2CCC[C@H]2C(=O)OC(C)(C)C)CC1. The lowest BCUT2D eigenvalue weighted by Gasteiger charge is -2.36. The van der Waals surface area contributed by atoms with E-state index in [9.17, 15) is 9.59 Å². The van der Waals surface area contributed by atoms with Gasteiger partial charge in [-0.3, -0.25) is 9.59 Å². The number of hydrogen-bond acceptors (Lipinski definition) is 8. The fraction of sp³-hybridized carbons (Fsp3) is 0.692. The van der Waals surface area contributed by atoms with Crippen molar-refractivity contribution in [2.45, 2.75) is 90.1 Å². The topological polar surface area (TPSA) is 83.5 Å². The quantitative estimate of drug-likeness (QED) is 0.284. The Kier molecular flexibility index (Phi) is 9.88. The van der Waals surface area contributed by atoms with Crippen molar-refractivity contribution in [1.29, 1.82) is 0 Å². The van der Waals surface area contributed by atoms with Crippen LogP contribution in [0.2, 0.25) is 0 Å². The predicted octanol–water partition coefficient (Wildman–Crippen LogP) is 4.02. The average molecular weight is 478 g/mol. The number of methoxy groups -OCH3 is 1. The van der Waals surface area contributed by atoms with Gasteiger partial charge in [0.15, 0.2) is 6.79 Å². The Bertz CT molecular complexity index is 771. The molecule has 34 heavy (non-hydrogen) atoms. The molecule has 8 nitrogen and oxygen atoms in total. The maximum atomic E-state index is 12.9. The van der Waals surface area contributed by atoms with Crippen molar-refractivity contribution in [1.82, 2.24) is 4.90 Å². The summed E-state index contributed by atoms with van der Waals surface area (Å²) < 4.78 is 28.7. The molecule has 0 amide bonds. The number of carbonyl (C=O) groups is 2. The molecule has 1 aliphatic heterocycles. The summed E-state index contributed by atoms with van der Waals surface area (Å²) in [7, 11) is 1.43. The van der Waals surface area contributed by atoms with E-state index in [1.165, 1.54) is 7.11 Å². The maximum absolute atomic E-state index is 12.9. The first-order chi connectivity index (χ1) is 16.3. The second-order valence-electron chi connectivity index (χ2n) is 9.99. The second kappa shape index (κ2) is 12.6. The molecule has 1 aliphatic carbocycles. The van der Waals surface area contributed by atoms with Crippen LogP contribution >= 0.6 is 0 Å². The molecular formula is C26H39NO7. The molecule has 1 aromatic carbocycles. The van der Waals surface area contributed by atoms with Gasteiger partial charge in [-0.1, -0.05) is 30.3 Å². The highest BCUT2D eigenvalue weighted by Crippen LogP contribution is 2.31. The first-order valence-electron chi connectivity index (χ1n) is 12.2. The normalized spacial score (nSPS) is 24.5. The van der Waals surface area contributed by atoms with Gasteiger partial charge in [-0.15, -0.1) is 0 Å². The molecule has 1 saturated carbocycles. The van der Waals surface area contributed by atoms with Crippen LogP contribution in [0.3, 0.4) is 0 Å². The van der Waals surface area contributed by atoms with E-state index in [4.69, 9.17) is 23.7 Å². The summed E-state index contributed by atoms with van der Waals surface area (Å²) in [4.78, 5) is 26.7. The number of hydrogen-bond donors (Lipinski definition) is 0. The molecule has 2 aliphatic rings. The van der Waals surface area contributed by atoms with Crippen LogP contribution < -0.4 is 0 Å². The first-order valence-corrected chi connectivity index (χ1v) is 12.2. The summed E-state index contributed by atoms with van der Waals surface area (Å²) in [5.41, 5.74) is 0.491. The maximum Gasteiger partial charge on any atom is 0.324 e. The molecule has 3 rings (SSSR count). The Labute approximate surface area is 202 Å². The highest BCUT2D eigenvalue weighted by Gasteiger charge is 2.40. The lowest BCUT2D eigenvalue weighted by molar-refractivity contribution is -0.282. The van der Waals surface area contributed by atoms with Crippen LogP contribution in [0.5, 0.6) is 0 Å². The number of nitrogens with zero attached hydrogens (tertiary/aromatic N) is 1. The van der Waals surface area contributed by atoms with Crippen LogP contribution in [0, 0.1) is 5.92 Å². The lowest BCUT2D eigenvalue weighted by Crippen LogP contribution is -2.49. The molecule has 0 unspecified atom stereocenters. The Morgan fingerprint density at radius 2 is 1.74 bits per heavy atom. The van der Waals surface area contributed by atoms with E-state index >= 15 is 0 Å². The van der Waals surface area contributed by atoms with Gasteiger partial charge in [0.2, 0.25) is 6.41 Å². The van der Waals surface area contributed by atoms with Gasteiger partial charge in [0.1, 0.15) is 11.6 Å². The molecule has 1 aromatic rings. The van der Waals surface area contributed by atoms with E-state index in [0.717, 1.165) is 24.8 Å². The summed E-state index contributed by atoms with van der Waals surface area (Å²) in [5, 5.41) is 0. The number of likely N-dealkylation sites (tertiary alicyclic amines) is 1. The van der Waals surface area contributed by atoms with Crippen LogP contribution in [0.25, 0.3) is 0 Å². The number of benzene rings is 1. The molecule has 1 heterocycles. The summed E-state index contributed by atoms with van der Waals surface area (Å²) in [6.45, 7) is 6.73. The van der Waals surface area contributed by atoms with Gasteiger partial charge < -0.3 is 23.7 Å². The number of carbonyl (C=O) groups excluding carboxylic acids is 2. The Hall–Kier alpha value is -2.00. The van der Waals surface area contributed by atoms with Gasteiger partial charge in [0.25, 0.3) is 0 Å². The zero-order chi connectivity index (χ0) is 24.6. The fourth-order valence-corrected chi connectivity index (χ4v) is 4.48. The minimum absolute atomic E-state index is 0.0363. The number of ether oxygens (including phenoxy) is 5. The Morgan fingerprint density at radius 3 is 2.38 bits per heavy atom. The Morgan fingerprint density at radius 1 is 1.03 bits per heavy atom. The van der Waals surface area contributed by atoms with E-state index in [2.05, 4.69) is 0 Å². The summed E-state index contributed by atoms with van der Waals surface area (Å²) in [6.07, 6.45) is 3.64. The van der Waals surface area contributed by atoms with Crippen molar-refractivity contribution in [3.8, 4) is 0 Å². The minimum Gasteiger partial charge on any atom is -0.469 e. The predicted molar refractivity (Wildman–Crippen MR) is 125 cm³/mol. The molecular weight excluding hydrogens is 438 g/mol. The van der Waals surface area contributed by atoms with Gasteiger partial charge in [-0.25, -0.2) is 4.90 Å². The summed E-state index contributed by atoms with van der Waals surface area (Å²) in [5.74, 6) is -0.508. The first kappa shape index (κ1) is 26.6. The van der Waals surface area contributed by atoms with Crippen molar-refractivity contribution >= 4 is 11.9 Å². The largest absolute Gasteiger partial charge is 0.469 e. The molecule has 0 aromatic heterocycles. The van der Waals surface area contributed by atoms with Gasteiger partial charge in [0, 0.05) is 6.54 Å². The van der Waals surface area contributed by atoms with Crippen LogP contribution in [-0.2, 0) is 39.9 Å². The Balaban J connectivity index is 1.61. The minimum atomic E-state index is -0.726. The molecule has 2 fully saturated rings.